The zero-order valence-electron chi connectivity index (χ0n) is 13.8. The largest absolute Gasteiger partial charge is 0.497 e. The van der Waals surface area contributed by atoms with Crippen LogP contribution in [0.15, 0.2) is 53.4 Å². The van der Waals surface area contributed by atoms with E-state index in [0.717, 1.165) is 5.56 Å². The van der Waals surface area contributed by atoms with Crippen molar-refractivity contribution in [2.24, 2.45) is 5.41 Å². The molecule has 0 radical (unpaired) electrons. The third-order valence-corrected chi connectivity index (χ3v) is 6.99. The lowest BCUT2D eigenvalue weighted by Gasteiger charge is -2.05. The minimum Gasteiger partial charge on any atom is -0.497 e. The van der Waals surface area contributed by atoms with Gasteiger partial charge in [0.05, 0.1) is 18.1 Å². The smallest absolute Gasteiger partial charge is 0.183 e. The molecule has 1 aliphatic rings. The van der Waals surface area contributed by atoms with E-state index in [9.17, 15) is 18.5 Å². The van der Waals surface area contributed by atoms with Crippen LogP contribution in [-0.2, 0) is 14.6 Å². The molecule has 0 unspecified atom stereocenters. The second-order valence-corrected chi connectivity index (χ2v) is 8.26. The Hall–Kier alpha value is -2.65. The molecular weight excluding hydrogens is 338 g/mol. The van der Waals surface area contributed by atoms with E-state index in [2.05, 4.69) is 0 Å². The van der Waals surface area contributed by atoms with Gasteiger partial charge in [-0.15, -0.1) is 0 Å². The van der Waals surface area contributed by atoms with Crippen molar-refractivity contribution in [2.45, 2.75) is 23.0 Å². The van der Waals surface area contributed by atoms with Crippen molar-refractivity contribution in [1.29, 1.82) is 5.26 Å². The molecule has 0 heterocycles. The normalized spacial score (nSPS) is 25.0. The molecule has 0 aromatic heterocycles. The summed E-state index contributed by atoms with van der Waals surface area (Å²) in [7, 11) is -2.28. The first kappa shape index (κ1) is 17.2. The number of hydrogen-bond acceptors (Lipinski definition) is 5. The van der Waals surface area contributed by atoms with Gasteiger partial charge in [-0.1, -0.05) is 29.8 Å². The van der Waals surface area contributed by atoms with Gasteiger partial charge in [-0.05, 0) is 36.8 Å². The van der Waals surface area contributed by atoms with Crippen molar-refractivity contribution in [2.75, 3.05) is 7.11 Å². The van der Waals surface area contributed by atoms with Gasteiger partial charge in [0, 0.05) is 5.92 Å². The number of carbonyl (C=O) groups is 1. The standard InChI is InChI=1S/C19H17NO4S/c1-13-3-9-16(10-4-13)25(22,23)18-17(19(18,11-20)12-21)14-5-7-15(24-2)8-6-14/h3-10,12,17-18H,1-2H3/t17-,18+,19+/m1/s1. The number of hydrogen-bond donors (Lipinski definition) is 0. The van der Waals surface area contributed by atoms with Gasteiger partial charge in [0.1, 0.15) is 22.7 Å². The zero-order chi connectivity index (χ0) is 18.2. The summed E-state index contributed by atoms with van der Waals surface area (Å²) >= 11 is 0. The molecular formula is C19H17NO4S. The second kappa shape index (κ2) is 6.01. The summed E-state index contributed by atoms with van der Waals surface area (Å²) in [5, 5.41) is 8.46. The highest BCUT2D eigenvalue weighted by Gasteiger charge is 2.72. The summed E-state index contributed by atoms with van der Waals surface area (Å²) in [5.41, 5.74) is 0.0108. The summed E-state index contributed by atoms with van der Waals surface area (Å²) in [6.45, 7) is 1.86. The highest BCUT2D eigenvalue weighted by Crippen LogP contribution is 2.62. The van der Waals surface area contributed by atoms with Crippen LogP contribution in [0.1, 0.15) is 17.0 Å². The Bertz CT molecular complexity index is 942. The number of benzene rings is 2. The van der Waals surface area contributed by atoms with E-state index < -0.39 is 26.4 Å². The van der Waals surface area contributed by atoms with Gasteiger partial charge in [0.25, 0.3) is 0 Å². The molecule has 25 heavy (non-hydrogen) atoms. The number of ether oxygens (including phenoxy) is 1. The van der Waals surface area contributed by atoms with Gasteiger partial charge >= 0.3 is 0 Å². The number of sulfone groups is 1. The maximum Gasteiger partial charge on any atom is 0.183 e. The van der Waals surface area contributed by atoms with Crippen LogP contribution < -0.4 is 4.74 Å². The fraction of sp³-hybridized carbons (Fsp3) is 0.263. The highest BCUT2D eigenvalue weighted by atomic mass is 32.2. The molecule has 3 rings (SSSR count). The molecule has 0 aliphatic heterocycles. The number of carbonyl (C=O) groups excluding carboxylic acids is 1. The molecule has 2 aromatic carbocycles. The van der Waals surface area contributed by atoms with Gasteiger partial charge < -0.3 is 9.53 Å². The van der Waals surface area contributed by atoms with Crippen LogP contribution in [0.2, 0.25) is 0 Å². The van der Waals surface area contributed by atoms with E-state index in [-0.39, 0.29) is 4.90 Å². The number of nitrogens with zero attached hydrogens (tertiary/aromatic N) is 1. The van der Waals surface area contributed by atoms with Gasteiger partial charge in [-0.3, -0.25) is 0 Å². The second-order valence-electron chi connectivity index (χ2n) is 6.19. The molecule has 0 spiro atoms. The maximum absolute atomic E-state index is 13.0. The fourth-order valence-electron chi connectivity index (χ4n) is 3.25. The number of methoxy groups -OCH3 is 1. The molecule has 0 amide bonds. The molecule has 0 N–H and O–H groups in total. The first-order valence-corrected chi connectivity index (χ1v) is 9.27. The highest BCUT2D eigenvalue weighted by molar-refractivity contribution is 7.92. The molecule has 0 saturated heterocycles. The molecule has 5 nitrogen and oxygen atoms in total. The van der Waals surface area contributed by atoms with E-state index in [4.69, 9.17) is 4.74 Å². The Labute approximate surface area is 146 Å². The average molecular weight is 355 g/mol. The fourth-order valence-corrected chi connectivity index (χ4v) is 5.49. The zero-order valence-corrected chi connectivity index (χ0v) is 14.7. The van der Waals surface area contributed by atoms with Crippen molar-refractivity contribution < 1.29 is 17.9 Å². The molecule has 1 saturated carbocycles. The topological polar surface area (TPSA) is 84.2 Å². The molecule has 0 bridgehead atoms. The van der Waals surface area contributed by atoms with E-state index >= 15 is 0 Å². The van der Waals surface area contributed by atoms with Gasteiger partial charge in [0.2, 0.25) is 0 Å². The van der Waals surface area contributed by atoms with Crippen LogP contribution in [-0.4, -0.2) is 27.1 Å². The van der Waals surface area contributed by atoms with Crippen molar-refractivity contribution in [3.05, 3.63) is 59.7 Å². The minimum atomic E-state index is -3.81. The summed E-state index contributed by atoms with van der Waals surface area (Å²) in [6.07, 6.45) is 0.471. The Kier molecular flexibility index (Phi) is 4.13. The number of aryl methyl sites for hydroxylation is 1. The first-order valence-electron chi connectivity index (χ1n) is 7.73. The summed E-state index contributed by atoms with van der Waals surface area (Å²) in [4.78, 5) is 11.8. The number of rotatable bonds is 5. The maximum atomic E-state index is 13.0. The summed E-state index contributed by atoms with van der Waals surface area (Å²) < 4.78 is 31.1. The van der Waals surface area contributed by atoms with E-state index in [1.54, 1.807) is 36.4 Å². The van der Waals surface area contributed by atoms with Crippen LogP contribution in [0.5, 0.6) is 5.75 Å². The van der Waals surface area contributed by atoms with Gasteiger partial charge in [0.15, 0.2) is 9.84 Å². The Balaban J connectivity index is 2.05. The van der Waals surface area contributed by atoms with E-state index in [0.29, 0.717) is 17.6 Å². The van der Waals surface area contributed by atoms with Crippen molar-refractivity contribution in [1.82, 2.24) is 0 Å². The molecule has 2 aromatic rings. The third-order valence-electron chi connectivity index (χ3n) is 4.73. The average Bonchev–Trinajstić information content (AvgIpc) is 3.33. The van der Waals surface area contributed by atoms with E-state index in [1.807, 2.05) is 13.0 Å². The molecule has 1 fully saturated rings. The van der Waals surface area contributed by atoms with Gasteiger partial charge in [-0.2, -0.15) is 5.26 Å². The predicted molar refractivity (Wildman–Crippen MR) is 92.0 cm³/mol. The summed E-state index contributed by atoms with van der Waals surface area (Å²) in [6, 6.07) is 15.1. The Morgan fingerprint density at radius 2 is 1.72 bits per heavy atom. The van der Waals surface area contributed by atoms with Crippen LogP contribution >= 0.6 is 0 Å². The first-order chi connectivity index (χ1) is 11.9. The van der Waals surface area contributed by atoms with Crippen molar-refractivity contribution in [3.8, 4) is 11.8 Å². The Morgan fingerprint density at radius 3 is 2.20 bits per heavy atom. The Morgan fingerprint density at radius 1 is 1.12 bits per heavy atom. The lowest BCUT2D eigenvalue weighted by molar-refractivity contribution is -0.110. The van der Waals surface area contributed by atoms with Gasteiger partial charge in [-0.25, -0.2) is 8.42 Å². The van der Waals surface area contributed by atoms with Crippen LogP contribution in [0.25, 0.3) is 0 Å². The molecule has 1 aliphatic carbocycles. The third kappa shape index (κ3) is 2.61. The van der Waals surface area contributed by atoms with Crippen molar-refractivity contribution >= 4 is 16.1 Å². The van der Waals surface area contributed by atoms with Crippen molar-refractivity contribution in [3.63, 3.8) is 0 Å². The SMILES string of the molecule is COc1ccc([C@@H]2[C@H](S(=O)(=O)c3ccc(C)cc3)[C@@]2(C#N)C=O)cc1. The molecule has 3 atom stereocenters. The van der Waals surface area contributed by atoms with Crippen LogP contribution in [0, 0.1) is 23.7 Å². The minimum absolute atomic E-state index is 0.126. The lowest BCUT2D eigenvalue weighted by atomic mass is 10.0. The van der Waals surface area contributed by atoms with Crippen LogP contribution in [0.3, 0.4) is 0 Å². The number of aldehydes is 1. The quantitative estimate of drug-likeness (QED) is 0.770. The van der Waals surface area contributed by atoms with Crippen LogP contribution in [0.4, 0.5) is 0 Å². The molecule has 128 valence electrons. The lowest BCUT2D eigenvalue weighted by Crippen LogP contribution is -2.16. The monoisotopic (exact) mass is 355 g/mol. The molecule has 6 heteroatoms. The number of nitriles is 1. The van der Waals surface area contributed by atoms with E-state index in [1.165, 1.54) is 19.2 Å². The summed E-state index contributed by atoms with van der Waals surface area (Å²) in [5.74, 6) is -0.0665. The predicted octanol–water partition coefficient (Wildman–Crippen LogP) is 2.65.